The molecular formula is C16H19N3O2. The number of carbonyl (C=O) groups excluding carboxylic acids is 1. The van der Waals surface area contributed by atoms with Gasteiger partial charge in [0.15, 0.2) is 0 Å². The number of nitrogens with one attached hydrogen (secondary N) is 1. The largest absolute Gasteiger partial charge is 0.359 e. The van der Waals surface area contributed by atoms with E-state index in [0.29, 0.717) is 19.4 Å². The second-order valence-electron chi connectivity index (χ2n) is 4.92. The monoisotopic (exact) mass is 285 g/mol. The maximum Gasteiger partial charge on any atom is 0.266 e. The van der Waals surface area contributed by atoms with E-state index in [1.165, 1.54) is 16.3 Å². The van der Waals surface area contributed by atoms with Gasteiger partial charge in [-0.2, -0.15) is 5.10 Å². The molecule has 1 heterocycles. The summed E-state index contributed by atoms with van der Waals surface area (Å²) in [6.45, 7) is 2.46. The maximum absolute atomic E-state index is 11.8. The highest BCUT2D eigenvalue weighted by Crippen LogP contribution is 2.15. The summed E-state index contributed by atoms with van der Waals surface area (Å²) in [4.78, 5) is 23.0. The second kappa shape index (κ2) is 6.83. The third-order valence-corrected chi connectivity index (χ3v) is 3.27. The van der Waals surface area contributed by atoms with Crippen LogP contribution < -0.4 is 10.9 Å². The quantitative estimate of drug-likeness (QED) is 0.910. The number of hydrogen-bond acceptors (Lipinski definition) is 3. The normalized spacial score (nSPS) is 10.4. The van der Waals surface area contributed by atoms with Crippen molar-refractivity contribution in [3.05, 3.63) is 52.3 Å². The van der Waals surface area contributed by atoms with Crippen LogP contribution in [-0.2, 0) is 11.3 Å². The van der Waals surface area contributed by atoms with E-state index in [1.807, 2.05) is 31.2 Å². The van der Waals surface area contributed by atoms with Crippen molar-refractivity contribution in [3.8, 4) is 11.3 Å². The molecule has 5 nitrogen and oxygen atoms in total. The molecule has 2 rings (SSSR count). The average molecular weight is 285 g/mol. The van der Waals surface area contributed by atoms with Gasteiger partial charge in [-0.25, -0.2) is 4.68 Å². The molecule has 0 radical (unpaired) electrons. The summed E-state index contributed by atoms with van der Waals surface area (Å²) in [5, 5.41) is 6.93. The van der Waals surface area contributed by atoms with Crippen LogP contribution in [0.3, 0.4) is 0 Å². The standard InChI is InChI=1S/C16H19N3O2/c1-12-5-7-13(8-6-12)14-9-10-16(21)19(18-14)11-3-4-15(20)17-2/h5-10H,3-4,11H2,1-2H3,(H,17,20). The summed E-state index contributed by atoms with van der Waals surface area (Å²) >= 11 is 0. The van der Waals surface area contributed by atoms with Gasteiger partial charge in [0.1, 0.15) is 0 Å². The lowest BCUT2D eigenvalue weighted by atomic mass is 10.1. The number of nitrogens with zero attached hydrogens (tertiary/aromatic N) is 2. The average Bonchev–Trinajstić information content (AvgIpc) is 2.50. The van der Waals surface area contributed by atoms with Gasteiger partial charge in [-0.1, -0.05) is 29.8 Å². The number of aromatic nitrogens is 2. The molecule has 0 spiro atoms. The fraction of sp³-hybridized carbons (Fsp3) is 0.312. The fourth-order valence-corrected chi connectivity index (χ4v) is 2.00. The van der Waals surface area contributed by atoms with Crippen LogP contribution in [0.15, 0.2) is 41.2 Å². The van der Waals surface area contributed by atoms with Gasteiger partial charge >= 0.3 is 0 Å². The Balaban J connectivity index is 2.15. The molecule has 21 heavy (non-hydrogen) atoms. The van der Waals surface area contributed by atoms with E-state index in [-0.39, 0.29) is 11.5 Å². The van der Waals surface area contributed by atoms with Crippen molar-refractivity contribution in [2.24, 2.45) is 0 Å². The Morgan fingerprint density at radius 2 is 1.90 bits per heavy atom. The van der Waals surface area contributed by atoms with E-state index in [9.17, 15) is 9.59 Å². The fourth-order valence-electron chi connectivity index (χ4n) is 2.00. The lowest BCUT2D eigenvalue weighted by Gasteiger charge is -2.07. The summed E-state index contributed by atoms with van der Waals surface area (Å²) in [6, 6.07) is 11.2. The maximum atomic E-state index is 11.8. The van der Waals surface area contributed by atoms with Crippen LogP contribution in [0.1, 0.15) is 18.4 Å². The molecule has 0 aliphatic carbocycles. The van der Waals surface area contributed by atoms with Crippen molar-refractivity contribution in [3.63, 3.8) is 0 Å². The highest BCUT2D eigenvalue weighted by molar-refractivity contribution is 5.75. The Kier molecular flexibility index (Phi) is 4.87. The minimum absolute atomic E-state index is 0.0299. The zero-order valence-corrected chi connectivity index (χ0v) is 12.3. The second-order valence-corrected chi connectivity index (χ2v) is 4.92. The van der Waals surface area contributed by atoms with Crippen LogP contribution >= 0.6 is 0 Å². The Bertz CT molecular complexity index is 675. The summed E-state index contributed by atoms with van der Waals surface area (Å²) in [5.74, 6) is -0.0299. The molecule has 1 N–H and O–H groups in total. The van der Waals surface area contributed by atoms with Crippen molar-refractivity contribution >= 4 is 5.91 Å². The molecule has 0 atom stereocenters. The lowest BCUT2D eigenvalue weighted by Crippen LogP contribution is -2.24. The van der Waals surface area contributed by atoms with Crippen LogP contribution in [0.2, 0.25) is 0 Å². The molecule has 1 amide bonds. The SMILES string of the molecule is CNC(=O)CCCn1nc(-c2ccc(C)cc2)ccc1=O. The van der Waals surface area contributed by atoms with Crippen molar-refractivity contribution in [2.75, 3.05) is 7.05 Å². The minimum Gasteiger partial charge on any atom is -0.359 e. The molecule has 0 fully saturated rings. The van der Waals surface area contributed by atoms with E-state index in [4.69, 9.17) is 0 Å². The van der Waals surface area contributed by atoms with E-state index in [1.54, 1.807) is 13.1 Å². The zero-order chi connectivity index (χ0) is 15.2. The first-order valence-corrected chi connectivity index (χ1v) is 6.96. The van der Waals surface area contributed by atoms with Crippen LogP contribution in [0, 0.1) is 6.92 Å². The van der Waals surface area contributed by atoms with Crippen LogP contribution in [0.5, 0.6) is 0 Å². The number of carbonyl (C=O) groups is 1. The van der Waals surface area contributed by atoms with Gasteiger partial charge in [-0.15, -0.1) is 0 Å². The molecule has 0 unspecified atom stereocenters. The molecule has 0 aliphatic heterocycles. The highest BCUT2D eigenvalue weighted by Gasteiger charge is 2.04. The molecule has 0 bridgehead atoms. The van der Waals surface area contributed by atoms with Gasteiger partial charge in [-0.3, -0.25) is 9.59 Å². The van der Waals surface area contributed by atoms with Gasteiger partial charge in [0.25, 0.3) is 5.56 Å². The van der Waals surface area contributed by atoms with Crippen molar-refractivity contribution in [1.82, 2.24) is 15.1 Å². The zero-order valence-electron chi connectivity index (χ0n) is 12.3. The molecular weight excluding hydrogens is 266 g/mol. The van der Waals surface area contributed by atoms with E-state index >= 15 is 0 Å². The summed E-state index contributed by atoms with van der Waals surface area (Å²) < 4.78 is 1.41. The third-order valence-electron chi connectivity index (χ3n) is 3.27. The van der Waals surface area contributed by atoms with Gasteiger partial charge < -0.3 is 5.32 Å². The summed E-state index contributed by atoms with van der Waals surface area (Å²) in [6.07, 6.45) is 0.976. The molecule has 0 saturated heterocycles. The van der Waals surface area contributed by atoms with Crippen molar-refractivity contribution in [2.45, 2.75) is 26.3 Å². The van der Waals surface area contributed by atoms with Gasteiger partial charge in [0, 0.05) is 31.6 Å². The molecule has 1 aromatic carbocycles. The van der Waals surface area contributed by atoms with Gasteiger partial charge in [-0.05, 0) is 19.4 Å². The predicted octanol–water partition coefficient (Wildman–Crippen LogP) is 1.74. The van der Waals surface area contributed by atoms with E-state index in [2.05, 4.69) is 10.4 Å². The molecule has 1 aromatic heterocycles. The van der Waals surface area contributed by atoms with Crippen LogP contribution in [0.25, 0.3) is 11.3 Å². The Morgan fingerprint density at radius 1 is 1.19 bits per heavy atom. The molecule has 110 valence electrons. The number of benzene rings is 1. The summed E-state index contributed by atoms with van der Waals surface area (Å²) in [7, 11) is 1.60. The predicted molar refractivity (Wildman–Crippen MR) is 82.0 cm³/mol. The number of amides is 1. The minimum atomic E-state index is -0.150. The Hall–Kier alpha value is -2.43. The Labute approximate surface area is 123 Å². The molecule has 2 aromatic rings. The smallest absolute Gasteiger partial charge is 0.266 e. The number of hydrogen-bond donors (Lipinski definition) is 1. The molecule has 0 aliphatic rings. The molecule has 0 saturated carbocycles. The highest BCUT2D eigenvalue weighted by atomic mass is 16.1. The first kappa shape index (κ1) is 15.0. The van der Waals surface area contributed by atoms with Crippen molar-refractivity contribution in [1.29, 1.82) is 0 Å². The van der Waals surface area contributed by atoms with Gasteiger partial charge in [0.05, 0.1) is 5.69 Å². The topological polar surface area (TPSA) is 64.0 Å². The van der Waals surface area contributed by atoms with Crippen LogP contribution in [-0.4, -0.2) is 22.7 Å². The Morgan fingerprint density at radius 3 is 2.57 bits per heavy atom. The molecule has 5 heteroatoms. The number of aryl methyl sites for hydroxylation is 2. The van der Waals surface area contributed by atoms with Crippen LogP contribution in [0.4, 0.5) is 0 Å². The summed E-state index contributed by atoms with van der Waals surface area (Å²) in [5.41, 5.74) is 2.76. The first-order chi connectivity index (χ1) is 10.1. The lowest BCUT2D eigenvalue weighted by molar-refractivity contribution is -0.120. The van der Waals surface area contributed by atoms with Gasteiger partial charge in [0.2, 0.25) is 5.91 Å². The first-order valence-electron chi connectivity index (χ1n) is 6.96. The number of rotatable bonds is 5. The van der Waals surface area contributed by atoms with E-state index < -0.39 is 0 Å². The van der Waals surface area contributed by atoms with E-state index in [0.717, 1.165) is 11.3 Å². The van der Waals surface area contributed by atoms with Crippen molar-refractivity contribution < 1.29 is 4.79 Å². The third kappa shape index (κ3) is 4.02.